The van der Waals surface area contributed by atoms with Crippen LogP contribution < -0.4 is 4.90 Å². The standard InChI is InChI=1S/C66H44N2O/c1-3-19-45(20-4-1)48-39-42-54(64(44-48)68-62-34-14-9-27-55(62)56-28-10-15-35-63(56)68)47-37-40-50(41-38-47)67(51-24-17-23-49(43-51)53-26-8-7-25-52(53)46-21-5-2-6-22-46)61-33-13-11-29-57(61)59-31-18-32-60-58-30-12-16-36-65(58)69-66(59)60/h1-44H. The van der Waals surface area contributed by atoms with E-state index in [0.29, 0.717) is 0 Å². The van der Waals surface area contributed by atoms with Crippen molar-refractivity contribution < 1.29 is 4.42 Å². The molecule has 13 rings (SSSR count). The molecule has 0 fully saturated rings. The number of fused-ring (bicyclic) bond motifs is 6. The van der Waals surface area contributed by atoms with E-state index in [9.17, 15) is 0 Å². The lowest BCUT2D eigenvalue weighted by Gasteiger charge is -2.28. The van der Waals surface area contributed by atoms with E-state index in [0.717, 1.165) is 72.5 Å². The quantitative estimate of drug-likeness (QED) is 0.144. The molecule has 0 saturated heterocycles. The van der Waals surface area contributed by atoms with Gasteiger partial charge in [-0.25, -0.2) is 0 Å². The van der Waals surface area contributed by atoms with E-state index in [1.165, 1.54) is 49.6 Å². The molecule has 2 heterocycles. The Bertz CT molecular complexity index is 3960. The number of rotatable bonds is 9. The van der Waals surface area contributed by atoms with Gasteiger partial charge >= 0.3 is 0 Å². The summed E-state index contributed by atoms with van der Waals surface area (Å²) in [6.45, 7) is 0. The van der Waals surface area contributed by atoms with Crippen LogP contribution in [0.25, 0.3) is 105 Å². The molecule has 0 amide bonds. The first-order valence-corrected chi connectivity index (χ1v) is 23.6. The van der Waals surface area contributed by atoms with Crippen molar-refractivity contribution in [3.05, 3.63) is 267 Å². The minimum absolute atomic E-state index is 0.878. The van der Waals surface area contributed by atoms with Crippen LogP contribution >= 0.6 is 0 Å². The average molecular weight is 881 g/mol. The molecule has 0 aliphatic rings. The van der Waals surface area contributed by atoms with Crippen molar-refractivity contribution in [1.82, 2.24) is 4.57 Å². The zero-order chi connectivity index (χ0) is 45.7. The third-order valence-electron chi connectivity index (χ3n) is 13.6. The molecule has 0 aliphatic carbocycles. The van der Waals surface area contributed by atoms with Crippen LogP contribution in [0.4, 0.5) is 17.1 Å². The summed E-state index contributed by atoms with van der Waals surface area (Å²) in [6.07, 6.45) is 0. The van der Waals surface area contributed by atoms with Gasteiger partial charge in [-0.3, -0.25) is 0 Å². The monoisotopic (exact) mass is 880 g/mol. The van der Waals surface area contributed by atoms with Gasteiger partial charge in [0.15, 0.2) is 0 Å². The SMILES string of the molecule is c1ccc(-c2ccc(-c3ccc(N(c4cccc(-c5ccccc5-c5ccccc5)c4)c4ccccc4-c4cccc5c4oc4ccccc45)cc3)c(-n3c4ccccc4c4ccccc43)c2)cc1. The number of hydrogen-bond acceptors (Lipinski definition) is 2. The second-order valence-electron chi connectivity index (χ2n) is 17.6. The Hall–Kier alpha value is -9.18. The largest absolute Gasteiger partial charge is 0.455 e. The van der Waals surface area contributed by atoms with Crippen molar-refractivity contribution in [2.24, 2.45) is 0 Å². The lowest BCUT2D eigenvalue weighted by molar-refractivity contribution is 0.670. The number of hydrogen-bond donors (Lipinski definition) is 0. The van der Waals surface area contributed by atoms with Gasteiger partial charge < -0.3 is 13.9 Å². The molecular formula is C66H44N2O. The fourth-order valence-electron chi connectivity index (χ4n) is 10.4. The molecule has 0 radical (unpaired) electrons. The Labute approximate surface area is 401 Å². The van der Waals surface area contributed by atoms with Crippen molar-refractivity contribution in [3.63, 3.8) is 0 Å². The molecule has 11 aromatic carbocycles. The maximum Gasteiger partial charge on any atom is 0.143 e. The summed E-state index contributed by atoms with van der Waals surface area (Å²) < 4.78 is 9.14. The Morgan fingerprint density at radius 2 is 0.812 bits per heavy atom. The van der Waals surface area contributed by atoms with Crippen LogP contribution in [-0.4, -0.2) is 4.57 Å². The van der Waals surface area contributed by atoms with Crippen LogP contribution in [-0.2, 0) is 0 Å². The zero-order valence-electron chi connectivity index (χ0n) is 37.7. The Kier molecular flexibility index (Phi) is 9.84. The fourth-order valence-corrected chi connectivity index (χ4v) is 10.4. The van der Waals surface area contributed by atoms with Crippen molar-refractivity contribution in [1.29, 1.82) is 0 Å². The van der Waals surface area contributed by atoms with E-state index in [-0.39, 0.29) is 0 Å². The van der Waals surface area contributed by atoms with Gasteiger partial charge in [0.05, 0.1) is 22.4 Å². The highest BCUT2D eigenvalue weighted by atomic mass is 16.3. The molecule has 3 nitrogen and oxygen atoms in total. The number of para-hydroxylation sites is 5. The van der Waals surface area contributed by atoms with Crippen LogP contribution in [0.3, 0.4) is 0 Å². The van der Waals surface area contributed by atoms with Gasteiger partial charge in [0.1, 0.15) is 11.2 Å². The van der Waals surface area contributed by atoms with Crippen molar-refractivity contribution in [2.75, 3.05) is 4.90 Å². The summed E-state index contributed by atoms with van der Waals surface area (Å²) in [4.78, 5) is 2.40. The van der Waals surface area contributed by atoms with Gasteiger partial charge in [-0.15, -0.1) is 0 Å². The molecule has 324 valence electrons. The van der Waals surface area contributed by atoms with Crippen molar-refractivity contribution in [2.45, 2.75) is 0 Å². The topological polar surface area (TPSA) is 21.3 Å². The Morgan fingerprint density at radius 3 is 1.55 bits per heavy atom. The zero-order valence-corrected chi connectivity index (χ0v) is 37.7. The summed E-state index contributed by atoms with van der Waals surface area (Å²) >= 11 is 0. The summed E-state index contributed by atoms with van der Waals surface area (Å²) in [6, 6.07) is 96.1. The Morgan fingerprint density at radius 1 is 0.290 bits per heavy atom. The van der Waals surface area contributed by atoms with Gasteiger partial charge in [0.25, 0.3) is 0 Å². The number of benzene rings is 11. The second kappa shape index (κ2) is 16.9. The van der Waals surface area contributed by atoms with Gasteiger partial charge in [0, 0.05) is 49.6 Å². The second-order valence-corrected chi connectivity index (χ2v) is 17.6. The first-order chi connectivity index (χ1) is 34.2. The minimum Gasteiger partial charge on any atom is -0.455 e. The van der Waals surface area contributed by atoms with Crippen LogP contribution in [0.2, 0.25) is 0 Å². The Balaban J connectivity index is 1.00. The van der Waals surface area contributed by atoms with E-state index in [1.807, 2.05) is 6.07 Å². The average Bonchev–Trinajstić information content (AvgIpc) is 3.98. The van der Waals surface area contributed by atoms with E-state index in [1.54, 1.807) is 0 Å². The van der Waals surface area contributed by atoms with Gasteiger partial charge in [-0.1, -0.05) is 212 Å². The molecule has 0 aliphatic heterocycles. The molecule has 0 atom stereocenters. The van der Waals surface area contributed by atoms with E-state index in [4.69, 9.17) is 4.42 Å². The predicted octanol–water partition coefficient (Wildman–Crippen LogP) is 18.5. The third-order valence-corrected chi connectivity index (χ3v) is 13.6. The molecular weight excluding hydrogens is 837 g/mol. The summed E-state index contributed by atoms with van der Waals surface area (Å²) in [7, 11) is 0. The molecule has 0 N–H and O–H groups in total. The van der Waals surface area contributed by atoms with Crippen molar-refractivity contribution >= 4 is 60.8 Å². The third kappa shape index (κ3) is 6.99. The number of furan rings is 1. The van der Waals surface area contributed by atoms with E-state index >= 15 is 0 Å². The predicted molar refractivity (Wildman–Crippen MR) is 290 cm³/mol. The van der Waals surface area contributed by atoms with Crippen LogP contribution in [0, 0.1) is 0 Å². The summed E-state index contributed by atoms with van der Waals surface area (Å²) in [5.74, 6) is 0. The fraction of sp³-hybridized carbons (Fsp3) is 0. The molecule has 0 spiro atoms. The van der Waals surface area contributed by atoms with Gasteiger partial charge in [-0.05, 0) is 93.5 Å². The minimum atomic E-state index is 0.878. The number of nitrogens with zero attached hydrogens (tertiary/aromatic N) is 2. The molecule has 0 bridgehead atoms. The normalized spacial score (nSPS) is 11.5. The smallest absolute Gasteiger partial charge is 0.143 e. The molecule has 13 aromatic rings. The first-order valence-electron chi connectivity index (χ1n) is 23.6. The number of anilines is 3. The molecule has 0 saturated carbocycles. The highest BCUT2D eigenvalue weighted by molar-refractivity contribution is 6.12. The maximum atomic E-state index is 6.69. The molecule has 2 aromatic heterocycles. The van der Waals surface area contributed by atoms with Crippen LogP contribution in [0.1, 0.15) is 0 Å². The van der Waals surface area contributed by atoms with Gasteiger partial charge in [-0.2, -0.15) is 0 Å². The van der Waals surface area contributed by atoms with E-state index < -0.39 is 0 Å². The number of aromatic nitrogens is 1. The van der Waals surface area contributed by atoms with E-state index in [2.05, 4.69) is 270 Å². The van der Waals surface area contributed by atoms with Gasteiger partial charge in [0.2, 0.25) is 0 Å². The lowest BCUT2D eigenvalue weighted by atomic mass is 9.94. The lowest BCUT2D eigenvalue weighted by Crippen LogP contribution is -2.11. The summed E-state index contributed by atoms with van der Waals surface area (Å²) in [5.41, 5.74) is 19.8. The molecule has 3 heteroatoms. The highest BCUT2D eigenvalue weighted by Gasteiger charge is 2.22. The van der Waals surface area contributed by atoms with Crippen molar-refractivity contribution in [3.8, 4) is 61.3 Å². The van der Waals surface area contributed by atoms with Crippen LogP contribution in [0.15, 0.2) is 271 Å². The van der Waals surface area contributed by atoms with Crippen LogP contribution in [0.5, 0.6) is 0 Å². The molecule has 69 heavy (non-hydrogen) atoms. The first kappa shape index (κ1) is 40.1. The molecule has 0 unspecified atom stereocenters. The maximum absolute atomic E-state index is 6.69. The highest BCUT2D eigenvalue weighted by Crippen LogP contribution is 2.46. The summed E-state index contributed by atoms with van der Waals surface area (Å²) in [5, 5.41) is 4.69.